The van der Waals surface area contributed by atoms with E-state index < -0.39 is 0 Å². The number of halogens is 1. The Labute approximate surface area is 105 Å². The summed E-state index contributed by atoms with van der Waals surface area (Å²) in [6.45, 7) is 0. The normalized spacial score (nSPS) is 10.9. The summed E-state index contributed by atoms with van der Waals surface area (Å²) in [5, 5.41) is 11.5. The highest BCUT2D eigenvalue weighted by atomic mass is 79.9. The molecule has 6 nitrogen and oxygen atoms in total. The third-order valence-electron chi connectivity index (χ3n) is 2.34. The lowest BCUT2D eigenvalue weighted by atomic mass is 10.4. The molecule has 3 heterocycles. The molecule has 0 aliphatic carbocycles. The van der Waals surface area contributed by atoms with E-state index in [1.165, 1.54) is 0 Å². The molecule has 0 unspecified atom stereocenters. The Morgan fingerprint density at radius 3 is 2.94 bits per heavy atom. The minimum Gasteiger partial charge on any atom is -0.350 e. The molecule has 0 aliphatic rings. The van der Waals surface area contributed by atoms with Gasteiger partial charge in [0, 0.05) is 13.2 Å². The number of hydrogen-bond donors (Lipinski definition) is 1. The largest absolute Gasteiger partial charge is 0.350 e. The summed E-state index contributed by atoms with van der Waals surface area (Å²) in [6, 6.07) is 1.88. The van der Waals surface area contributed by atoms with E-state index in [-0.39, 0.29) is 0 Å². The van der Waals surface area contributed by atoms with Crippen molar-refractivity contribution in [3.8, 4) is 0 Å². The van der Waals surface area contributed by atoms with Gasteiger partial charge in [-0.3, -0.25) is 4.68 Å². The second kappa shape index (κ2) is 3.85. The van der Waals surface area contributed by atoms with Crippen LogP contribution in [0, 0.1) is 0 Å². The van der Waals surface area contributed by atoms with Gasteiger partial charge in [0.1, 0.15) is 4.60 Å². The summed E-state index contributed by atoms with van der Waals surface area (Å²) in [7, 11) is 1.87. The summed E-state index contributed by atoms with van der Waals surface area (Å²) >= 11 is 3.38. The number of imidazole rings is 1. The van der Waals surface area contributed by atoms with Crippen LogP contribution in [0.2, 0.25) is 0 Å². The summed E-state index contributed by atoms with van der Waals surface area (Å²) < 4.78 is 4.28. The minimum absolute atomic E-state index is 0.767. The second-order valence-electron chi connectivity index (χ2n) is 3.59. The Kier molecular flexibility index (Phi) is 2.32. The first kappa shape index (κ1) is 10.3. The number of anilines is 2. The highest BCUT2D eigenvalue weighted by molar-refractivity contribution is 9.10. The number of rotatable bonds is 2. The number of fused-ring (bicyclic) bond motifs is 1. The minimum atomic E-state index is 0.767. The molecular weight excluding hydrogens is 284 g/mol. The van der Waals surface area contributed by atoms with Crippen molar-refractivity contribution in [3.63, 3.8) is 0 Å². The molecule has 0 amide bonds. The second-order valence-corrected chi connectivity index (χ2v) is 4.40. The Hall–Kier alpha value is -1.89. The molecule has 17 heavy (non-hydrogen) atoms. The zero-order valence-electron chi connectivity index (χ0n) is 9.00. The average molecular weight is 293 g/mol. The lowest BCUT2D eigenvalue weighted by molar-refractivity contribution is 0.768. The van der Waals surface area contributed by atoms with Crippen molar-refractivity contribution in [2.24, 2.45) is 7.05 Å². The first-order valence-corrected chi connectivity index (χ1v) is 5.77. The number of aromatic nitrogens is 5. The molecule has 0 radical (unpaired) electrons. The zero-order chi connectivity index (χ0) is 11.8. The Morgan fingerprint density at radius 2 is 2.18 bits per heavy atom. The van der Waals surface area contributed by atoms with E-state index in [1.54, 1.807) is 27.8 Å². The molecule has 0 saturated heterocycles. The maximum Gasteiger partial charge on any atom is 0.178 e. The van der Waals surface area contributed by atoms with E-state index in [1.807, 2.05) is 19.3 Å². The lowest BCUT2D eigenvalue weighted by Gasteiger charge is -2.04. The first-order valence-electron chi connectivity index (χ1n) is 4.98. The van der Waals surface area contributed by atoms with E-state index in [9.17, 15) is 0 Å². The molecule has 3 rings (SSSR count). The molecular formula is C10H9BrN6. The van der Waals surface area contributed by atoms with Gasteiger partial charge in [-0.15, -0.1) is 0 Å². The lowest BCUT2D eigenvalue weighted by Crippen LogP contribution is -1.97. The average Bonchev–Trinajstić information content (AvgIpc) is 2.88. The van der Waals surface area contributed by atoms with Crippen LogP contribution in [0.15, 0.2) is 35.5 Å². The fraction of sp³-hybridized carbons (Fsp3) is 0.100. The van der Waals surface area contributed by atoms with Crippen molar-refractivity contribution in [2.45, 2.75) is 0 Å². The maximum absolute atomic E-state index is 4.29. The van der Waals surface area contributed by atoms with Gasteiger partial charge >= 0.3 is 0 Å². The van der Waals surface area contributed by atoms with Crippen LogP contribution in [0.1, 0.15) is 0 Å². The standard InChI is InChI=1S/C10H9BrN6/c1-16-6-7(4-14-16)15-8-2-3-13-17-9(11)5-12-10(8)17/h2-6,15H,1H3. The Balaban J connectivity index is 2.05. The third-order valence-corrected chi connectivity index (χ3v) is 2.89. The summed E-state index contributed by atoms with van der Waals surface area (Å²) in [4.78, 5) is 4.29. The molecule has 0 bridgehead atoms. The Morgan fingerprint density at radius 1 is 1.29 bits per heavy atom. The zero-order valence-corrected chi connectivity index (χ0v) is 10.6. The molecule has 0 fully saturated rings. The molecule has 1 N–H and O–H groups in total. The highest BCUT2D eigenvalue weighted by Gasteiger charge is 2.07. The SMILES string of the molecule is Cn1cc(Nc2ccnn3c(Br)cnc23)cn1. The molecule has 0 spiro atoms. The topological polar surface area (TPSA) is 60.0 Å². The fourth-order valence-corrected chi connectivity index (χ4v) is 1.97. The van der Waals surface area contributed by atoms with E-state index in [4.69, 9.17) is 0 Å². The van der Waals surface area contributed by atoms with Crippen LogP contribution < -0.4 is 5.32 Å². The molecule has 3 aromatic rings. The van der Waals surface area contributed by atoms with E-state index in [0.29, 0.717) is 0 Å². The molecule has 86 valence electrons. The number of nitrogens with zero attached hydrogens (tertiary/aromatic N) is 5. The van der Waals surface area contributed by atoms with Crippen LogP contribution in [-0.2, 0) is 7.05 Å². The molecule has 0 aliphatic heterocycles. The van der Waals surface area contributed by atoms with Crippen LogP contribution in [0.3, 0.4) is 0 Å². The van der Waals surface area contributed by atoms with Gasteiger partial charge in [0.2, 0.25) is 0 Å². The quantitative estimate of drug-likeness (QED) is 0.784. The summed E-state index contributed by atoms with van der Waals surface area (Å²) in [5.41, 5.74) is 2.57. The molecule has 0 atom stereocenters. The van der Waals surface area contributed by atoms with E-state index in [2.05, 4.69) is 36.4 Å². The monoisotopic (exact) mass is 292 g/mol. The van der Waals surface area contributed by atoms with Gasteiger partial charge in [-0.2, -0.15) is 10.2 Å². The van der Waals surface area contributed by atoms with Crippen molar-refractivity contribution < 1.29 is 0 Å². The fourth-order valence-electron chi connectivity index (χ4n) is 1.61. The van der Waals surface area contributed by atoms with E-state index in [0.717, 1.165) is 21.6 Å². The summed E-state index contributed by atoms with van der Waals surface area (Å²) in [5.74, 6) is 0. The van der Waals surface area contributed by atoms with Crippen molar-refractivity contribution >= 4 is 33.0 Å². The predicted molar refractivity (Wildman–Crippen MR) is 67.2 cm³/mol. The molecule has 0 aromatic carbocycles. The van der Waals surface area contributed by atoms with Crippen molar-refractivity contribution in [3.05, 3.63) is 35.5 Å². The van der Waals surface area contributed by atoms with Crippen molar-refractivity contribution in [1.29, 1.82) is 0 Å². The van der Waals surface area contributed by atoms with Gasteiger partial charge in [0.25, 0.3) is 0 Å². The van der Waals surface area contributed by atoms with Gasteiger partial charge in [0.15, 0.2) is 5.65 Å². The van der Waals surface area contributed by atoms with E-state index >= 15 is 0 Å². The third kappa shape index (κ3) is 1.78. The molecule has 7 heteroatoms. The van der Waals surface area contributed by atoms with Crippen LogP contribution in [0.25, 0.3) is 5.65 Å². The number of hydrogen-bond acceptors (Lipinski definition) is 4. The van der Waals surface area contributed by atoms with Crippen molar-refractivity contribution in [1.82, 2.24) is 24.4 Å². The Bertz CT molecular complexity index is 670. The van der Waals surface area contributed by atoms with Gasteiger partial charge in [-0.05, 0) is 22.0 Å². The van der Waals surface area contributed by atoms with Crippen LogP contribution >= 0.6 is 15.9 Å². The van der Waals surface area contributed by atoms with Crippen LogP contribution in [0.4, 0.5) is 11.4 Å². The van der Waals surface area contributed by atoms with Gasteiger partial charge < -0.3 is 5.32 Å². The number of aryl methyl sites for hydroxylation is 1. The predicted octanol–water partition coefficient (Wildman–Crippen LogP) is 1.97. The molecule has 3 aromatic heterocycles. The smallest absolute Gasteiger partial charge is 0.178 e. The molecule has 0 saturated carbocycles. The summed E-state index contributed by atoms with van der Waals surface area (Å²) in [6.07, 6.45) is 7.10. The first-order chi connectivity index (χ1) is 8.24. The van der Waals surface area contributed by atoms with Crippen LogP contribution in [0.5, 0.6) is 0 Å². The highest BCUT2D eigenvalue weighted by Crippen LogP contribution is 2.21. The maximum atomic E-state index is 4.29. The number of nitrogens with one attached hydrogen (secondary N) is 1. The van der Waals surface area contributed by atoms with Gasteiger partial charge in [-0.25, -0.2) is 9.50 Å². The van der Waals surface area contributed by atoms with Crippen LogP contribution in [-0.4, -0.2) is 24.4 Å². The van der Waals surface area contributed by atoms with Crippen molar-refractivity contribution in [2.75, 3.05) is 5.32 Å². The van der Waals surface area contributed by atoms with Gasteiger partial charge in [-0.1, -0.05) is 0 Å². The van der Waals surface area contributed by atoms with Gasteiger partial charge in [0.05, 0.1) is 30.0 Å².